The summed E-state index contributed by atoms with van der Waals surface area (Å²) >= 11 is 0. The van der Waals surface area contributed by atoms with E-state index in [-0.39, 0.29) is 12.0 Å². The van der Waals surface area contributed by atoms with E-state index in [4.69, 9.17) is 4.74 Å². The Balaban J connectivity index is 1.88. The Morgan fingerprint density at radius 3 is 3.00 bits per heavy atom. The lowest BCUT2D eigenvalue weighted by Gasteiger charge is -2.23. The first kappa shape index (κ1) is 14.9. The molecule has 20 heavy (non-hydrogen) atoms. The van der Waals surface area contributed by atoms with Gasteiger partial charge in [0.15, 0.2) is 0 Å². The Bertz CT molecular complexity index is 440. The van der Waals surface area contributed by atoms with Crippen LogP contribution in [0, 0.1) is 0 Å². The maximum Gasteiger partial charge on any atom is 0.251 e. The second-order valence-electron chi connectivity index (χ2n) is 5.55. The molecule has 0 spiro atoms. The fraction of sp³-hybridized carbons (Fsp3) is 0.562. The van der Waals surface area contributed by atoms with E-state index in [9.17, 15) is 4.79 Å². The van der Waals surface area contributed by atoms with Crippen LogP contribution in [-0.4, -0.2) is 31.1 Å². The number of hydrogen-bond donors (Lipinski definition) is 2. The molecule has 1 heterocycles. The van der Waals surface area contributed by atoms with Crippen LogP contribution in [0.4, 0.5) is 0 Å². The molecule has 1 aromatic rings. The molecule has 1 aromatic carbocycles. The van der Waals surface area contributed by atoms with Gasteiger partial charge in [0, 0.05) is 18.2 Å². The zero-order chi connectivity index (χ0) is 14.4. The summed E-state index contributed by atoms with van der Waals surface area (Å²) in [6.45, 7) is 5.69. The van der Waals surface area contributed by atoms with Crippen LogP contribution in [0.2, 0.25) is 0 Å². The summed E-state index contributed by atoms with van der Waals surface area (Å²) in [5.74, 6) is 0.704. The number of carbonyl (C=O) groups is 1. The van der Waals surface area contributed by atoms with Crippen molar-refractivity contribution in [3.8, 4) is 5.75 Å². The van der Waals surface area contributed by atoms with Gasteiger partial charge in [0.25, 0.3) is 5.91 Å². The summed E-state index contributed by atoms with van der Waals surface area (Å²) in [4.78, 5) is 12.1. The molecule has 0 aromatic heterocycles. The molecule has 0 aliphatic carbocycles. The number of hydrogen-bond acceptors (Lipinski definition) is 3. The molecule has 1 amide bonds. The summed E-state index contributed by atoms with van der Waals surface area (Å²) in [6, 6.07) is 7.74. The van der Waals surface area contributed by atoms with Gasteiger partial charge < -0.3 is 15.4 Å². The molecular weight excluding hydrogens is 252 g/mol. The maximum atomic E-state index is 12.1. The van der Waals surface area contributed by atoms with E-state index in [1.807, 2.05) is 32.0 Å². The second-order valence-corrected chi connectivity index (χ2v) is 5.55. The lowest BCUT2D eigenvalue weighted by Crippen LogP contribution is -2.43. The van der Waals surface area contributed by atoms with Gasteiger partial charge in [-0.3, -0.25) is 4.79 Å². The molecular formula is C16H24N2O2. The number of carbonyl (C=O) groups excluding carboxylic acids is 1. The van der Waals surface area contributed by atoms with E-state index >= 15 is 0 Å². The van der Waals surface area contributed by atoms with Crippen molar-refractivity contribution in [1.29, 1.82) is 0 Å². The van der Waals surface area contributed by atoms with Gasteiger partial charge in [-0.05, 0) is 51.4 Å². The number of ether oxygens (including phenoxy) is 1. The second kappa shape index (κ2) is 7.29. The van der Waals surface area contributed by atoms with Crippen molar-refractivity contribution < 1.29 is 9.53 Å². The number of benzene rings is 1. The Labute approximate surface area is 120 Å². The Kier molecular flexibility index (Phi) is 5.41. The summed E-state index contributed by atoms with van der Waals surface area (Å²) < 4.78 is 5.61. The highest BCUT2D eigenvalue weighted by Gasteiger charge is 2.14. The molecule has 0 radical (unpaired) electrons. The van der Waals surface area contributed by atoms with Crippen LogP contribution in [0.3, 0.4) is 0 Å². The van der Waals surface area contributed by atoms with E-state index in [0.29, 0.717) is 18.2 Å². The third-order valence-electron chi connectivity index (χ3n) is 3.39. The van der Waals surface area contributed by atoms with Crippen molar-refractivity contribution in [2.45, 2.75) is 45.3 Å². The van der Waals surface area contributed by atoms with E-state index in [1.54, 1.807) is 6.07 Å². The van der Waals surface area contributed by atoms with Gasteiger partial charge in [-0.15, -0.1) is 0 Å². The Morgan fingerprint density at radius 1 is 1.45 bits per heavy atom. The average molecular weight is 276 g/mol. The number of nitrogens with one attached hydrogen (secondary N) is 2. The Morgan fingerprint density at radius 2 is 2.30 bits per heavy atom. The summed E-state index contributed by atoms with van der Waals surface area (Å²) in [7, 11) is 0. The minimum absolute atomic E-state index is 0.0356. The van der Waals surface area contributed by atoms with E-state index in [0.717, 1.165) is 18.7 Å². The third-order valence-corrected chi connectivity index (χ3v) is 3.39. The highest BCUT2D eigenvalue weighted by Crippen LogP contribution is 2.15. The van der Waals surface area contributed by atoms with Crippen LogP contribution in [0.5, 0.6) is 5.75 Å². The van der Waals surface area contributed by atoms with Crippen molar-refractivity contribution in [3.05, 3.63) is 29.8 Å². The molecule has 1 fully saturated rings. The van der Waals surface area contributed by atoms with Crippen molar-refractivity contribution in [1.82, 2.24) is 10.6 Å². The summed E-state index contributed by atoms with van der Waals surface area (Å²) in [6.07, 6.45) is 3.72. The first-order valence-electron chi connectivity index (χ1n) is 7.43. The van der Waals surface area contributed by atoms with Gasteiger partial charge in [0.1, 0.15) is 5.75 Å². The molecule has 1 aliphatic heterocycles. The molecule has 1 unspecified atom stereocenters. The molecule has 0 saturated carbocycles. The van der Waals surface area contributed by atoms with Crippen molar-refractivity contribution in [2.75, 3.05) is 13.1 Å². The topological polar surface area (TPSA) is 50.4 Å². The first-order chi connectivity index (χ1) is 9.65. The molecule has 2 rings (SSSR count). The largest absolute Gasteiger partial charge is 0.491 e. The maximum absolute atomic E-state index is 12.1. The fourth-order valence-corrected chi connectivity index (χ4v) is 2.40. The quantitative estimate of drug-likeness (QED) is 0.868. The van der Waals surface area contributed by atoms with E-state index in [1.165, 1.54) is 12.8 Å². The smallest absolute Gasteiger partial charge is 0.251 e. The predicted molar refractivity (Wildman–Crippen MR) is 80.2 cm³/mol. The lowest BCUT2D eigenvalue weighted by atomic mass is 10.1. The van der Waals surface area contributed by atoms with Crippen molar-refractivity contribution in [2.24, 2.45) is 0 Å². The highest BCUT2D eigenvalue weighted by atomic mass is 16.5. The van der Waals surface area contributed by atoms with Crippen molar-refractivity contribution in [3.63, 3.8) is 0 Å². The highest BCUT2D eigenvalue weighted by molar-refractivity contribution is 5.94. The molecule has 2 N–H and O–H groups in total. The van der Waals surface area contributed by atoms with Crippen LogP contribution in [-0.2, 0) is 0 Å². The summed E-state index contributed by atoms with van der Waals surface area (Å²) in [5.41, 5.74) is 0.652. The normalized spacial score (nSPS) is 18.9. The fourth-order valence-electron chi connectivity index (χ4n) is 2.40. The minimum Gasteiger partial charge on any atom is -0.491 e. The standard InChI is InChI=1S/C16H24N2O2/c1-12(2)20-15-8-5-6-13(10-15)16(19)18-11-14-7-3-4-9-17-14/h5-6,8,10,12,14,17H,3-4,7,9,11H2,1-2H3,(H,18,19). The van der Waals surface area contributed by atoms with Gasteiger partial charge in [0.2, 0.25) is 0 Å². The minimum atomic E-state index is -0.0356. The number of rotatable bonds is 5. The summed E-state index contributed by atoms with van der Waals surface area (Å²) in [5, 5.41) is 6.42. The molecule has 4 heteroatoms. The molecule has 1 aliphatic rings. The first-order valence-corrected chi connectivity index (χ1v) is 7.43. The van der Waals surface area contributed by atoms with Crippen LogP contribution < -0.4 is 15.4 Å². The van der Waals surface area contributed by atoms with Crippen LogP contribution in [0.15, 0.2) is 24.3 Å². The Hall–Kier alpha value is -1.55. The zero-order valence-corrected chi connectivity index (χ0v) is 12.3. The van der Waals surface area contributed by atoms with Crippen LogP contribution in [0.1, 0.15) is 43.5 Å². The van der Waals surface area contributed by atoms with Crippen molar-refractivity contribution >= 4 is 5.91 Å². The number of amides is 1. The molecule has 110 valence electrons. The number of piperidine rings is 1. The zero-order valence-electron chi connectivity index (χ0n) is 12.3. The third kappa shape index (κ3) is 4.53. The lowest BCUT2D eigenvalue weighted by molar-refractivity contribution is 0.0947. The molecule has 4 nitrogen and oxygen atoms in total. The van der Waals surface area contributed by atoms with Gasteiger partial charge >= 0.3 is 0 Å². The van der Waals surface area contributed by atoms with Gasteiger partial charge in [-0.1, -0.05) is 12.5 Å². The predicted octanol–water partition coefficient (Wildman–Crippen LogP) is 2.35. The van der Waals surface area contributed by atoms with E-state index in [2.05, 4.69) is 10.6 Å². The van der Waals surface area contributed by atoms with Gasteiger partial charge in [0.05, 0.1) is 6.10 Å². The van der Waals surface area contributed by atoms with Gasteiger partial charge in [-0.2, -0.15) is 0 Å². The monoisotopic (exact) mass is 276 g/mol. The SMILES string of the molecule is CC(C)Oc1cccc(C(=O)NCC2CCCCN2)c1. The molecule has 0 bridgehead atoms. The average Bonchev–Trinajstić information content (AvgIpc) is 2.45. The van der Waals surface area contributed by atoms with Gasteiger partial charge in [-0.25, -0.2) is 0 Å². The molecule has 1 atom stereocenters. The molecule has 1 saturated heterocycles. The van der Waals surface area contributed by atoms with Crippen LogP contribution >= 0.6 is 0 Å². The van der Waals surface area contributed by atoms with Crippen LogP contribution in [0.25, 0.3) is 0 Å². The van der Waals surface area contributed by atoms with E-state index < -0.39 is 0 Å².